The highest BCUT2D eigenvalue weighted by molar-refractivity contribution is 7.80. The third-order valence-electron chi connectivity index (χ3n) is 4.98. The molecule has 0 unspecified atom stereocenters. The first-order valence-corrected chi connectivity index (χ1v) is 9.44. The first-order valence-electron chi connectivity index (χ1n) is 9.03. The van der Waals surface area contributed by atoms with E-state index in [0.717, 1.165) is 31.7 Å². The Morgan fingerprint density at radius 3 is 2.50 bits per heavy atom. The fourth-order valence-electron chi connectivity index (χ4n) is 3.62. The van der Waals surface area contributed by atoms with Crippen LogP contribution in [0.2, 0.25) is 0 Å². The van der Waals surface area contributed by atoms with Crippen LogP contribution in [0.25, 0.3) is 0 Å². The van der Waals surface area contributed by atoms with Gasteiger partial charge < -0.3 is 20.3 Å². The number of fused-ring (bicyclic) bond motifs is 1. The van der Waals surface area contributed by atoms with Crippen molar-refractivity contribution in [3.05, 3.63) is 41.5 Å². The third kappa shape index (κ3) is 3.72. The molecule has 1 saturated carbocycles. The molecule has 26 heavy (non-hydrogen) atoms. The smallest absolute Gasteiger partial charge is 0.234 e. The molecule has 0 spiro atoms. The summed E-state index contributed by atoms with van der Waals surface area (Å²) in [6.45, 7) is 1.67. The van der Waals surface area contributed by atoms with Crippen LogP contribution in [0.5, 0.6) is 5.88 Å². The van der Waals surface area contributed by atoms with Gasteiger partial charge in [-0.05, 0) is 36.2 Å². The zero-order valence-corrected chi connectivity index (χ0v) is 15.7. The van der Waals surface area contributed by atoms with Gasteiger partial charge in [0.2, 0.25) is 11.8 Å². The monoisotopic (exact) mass is 369 g/mol. The van der Waals surface area contributed by atoms with E-state index in [1.165, 1.54) is 24.0 Å². The van der Waals surface area contributed by atoms with Gasteiger partial charge in [-0.1, -0.05) is 37.1 Å². The standard InChI is InChI=1S/C19H23N5OS/c1-25-17-10-16(24-11-13-6-2-3-7-14(13)12-24)21-18(22-17)23-19(26)20-15-8-4-5-9-15/h2-3,6-7,10,15H,4-5,8-9,11-12H2,1H3,(H2,20,21,22,23,26). The summed E-state index contributed by atoms with van der Waals surface area (Å²) in [6.07, 6.45) is 4.85. The Morgan fingerprint density at radius 2 is 1.85 bits per heavy atom. The van der Waals surface area contributed by atoms with Gasteiger partial charge in [0.1, 0.15) is 5.82 Å². The normalized spacial score (nSPS) is 16.4. The van der Waals surface area contributed by atoms with E-state index in [1.54, 1.807) is 7.11 Å². The van der Waals surface area contributed by atoms with Crippen molar-refractivity contribution in [3.8, 4) is 5.88 Å². The zero-order valence-electron chi connectivity index (χ0n) is 14.9. The number of aromatic nitrogens is 2. The summed E-state index contributed by atoms with van der Waals surface area (Å²) in [4.78, 5) is 11.3. The van der Waals surface area contributed by atoms with Gasteiger partial charge in [0, 0.05) is 25.2 Å². The highest BCUT2D eigenvalue weighted by Gasteiger charge is 2.21. The molecule has 1 aromatic carbocycles. The summed E-state index contributed by atoms with van der Waals surface area (Å²) < 4.78 is 5.37. The van der Waals surface area contributed by atoms with Gasteiger partial charge in [0.25, 0.3) is 0 Å². The Labute approximate surface area is 159 Å². The van der Waals surface area contributed by atoms with Crippen LogP contribution in [0.3, 0.4) is 0 Å². The van der Waals surface area contributed by atoms with Gasteiger partial charge in [0.05, 0.1) is 7.11 Å². The number of nitrogens with zero attached hydrogens (tertiary/aromatic N) is 3. The Balaban J connectivity index is 1.49. The first-order chi connectivity index (χ1) is 12.7. The van der Waals surface area contributed by atoms with Crippen molar-refractivity contribution in [3.63, 3.8) is 0 Å². The molecule has 2 aliphatic rings. The van der Waals surface area contributed by atoms with Gasteiger partial charge in [-0.25, -0.2) is 0 Å². The number of nitrogens with one attached hydrogen (secondary N) is 2. The fraction of sp³-hybridized carbons (Fsp3) is 0.421. The molecule has 6 nitrogen and oxygen atoms in total. The number of thiocarbonyl (C=S) groups is 1. The minimum absolute atomic E-state index is 0.452. The molecule has 1 fully saturated rings. The number of benzene rings is 1. The van der Waals surface area contributed by atoms with E-state index in [-0.39, 0.29) is 0 Å². The highest BCUT2D eigenvalue weighted by atomic mass is 32.1. The van der Waals surface area contributed by atoms with Crippen LogP contribution in [0.4, 0.5) is 11.8 Å². The van der Waals surface area contributed by atoms with Gasteiger partial charge >= 0.3 is 0 Å². The number of anilines is 2. The van der Waals surface area contributed by atoms with Crippen molar-refractivity contribution in [2.45, 2.75) is 44.8 Å². The second-order valence-corrected chi connectivity index (χ2v) is 7.20. The average Bonchev–Trinajstić information content (AvgIpc) is 3.30. The molecule has 4 rings (SSSR count). The van der Waals surface area contributed by atoms with Crippen LogP contribution in [-0.4, -0.2) is 28.2 Å². The summed E-state index contributed by atoms with van der Waals surface area (Å²) in [6, 6.07) is 10.8. The SMILES string of the molecule is COc1cc(N2Cc3ccccc3C2)nc(NC(=S)NC2CCCC2)n1. The van der Waals surface area contributed by atoms with Crippen LogP contribution < -0.4 is 20.3 Å². The van der Waals surface area contributed by atoms with Crippen molar-refractivity contribution < 1.29 is 4.74 Å². The minimum Gasteiger partial charge on any atom is -0.481 e. The van der Waals surface area contributed by atoms with Crippen molar-refractivity contribution in [2.75, 3.05) is 17.3 Å². The van der Waals surface area contributed by atoms with Gasteiger partial charge in [-0.15, -0.1) is 0 Å². The van der Waals surface area contributed by atoms with E-state index in [1.807, 2.05) is 6.07 Å². The Kier molecular flexibility index (Phi) is 4.88. The molecular formula is C19H23N5OS. The largest absolute Gasteiger partial charge is 0.481 e. The van der Waals surface area contributed by atoms with Crippen LogP contribution in [0, 0.1) is 0 Å². The highest BCUT2D eigenvalue weighted by Crippen LogP contribution is 2.29. The molecule has 7 heteroatoms. The van der Waals surface area contributed by atoms with Crippen molar-refractivity contribution >= 4 is 29.1 Å². The van der Waals surface area contributed by atoms with Crippen molar-refractivity contribution in [2.24, 2.45) is 0 Å². The van der Waals surface area contributed by atoms with Crippen LogP contribution in [-0.2, 0) is 13.1 Å². The topological polar surface area (TPSA) is 62.3 Å². The quantitative estimate of drug-likeness (QED) is 0.802. The summed E-state index contributed by atoms with van der Waals surface area (Å²) >= 11 is 5.43. The maximum Gasteiger partial charge on any atom is 0.234 e. The van der Waals surface area contributed by atoms with E-state index in [2.05, 4.69) is 49.8 Å². The van der Waals surface area contributed by atoms with Crippen molar-refractivity contribution in [1.82, 2.24) is 15.3 Å². The van der Waals surface area contributed by atoms with Gasteiger partial charge in [-0.3, -0.25) is 0 Å². The summed E-state index contributed by atoms with van der Waals surface area (Å²) in [7, 11) is 1.61. The molecule has 0 saturated heterocycles. The number of hydrogen-bond donors (Lipinski definition) is 2. The third-order valence-corrected chi connectivity index (χ3v) is 5.20. The molecule has 1 aromatic heterocycles. The Hall–Kier alpha value is -2.41. The molecule has 0 atom stereocenters. The minimum atomic E-state index is 0.452. The molecule has 1 aliphatic heterocycles. The lowest BCUT2D eigenvalue weighted by molar-refractivity contribution is 0.397. The molecule has 2 aromatic rings. The van der Waals surface area contributed by atoms with E-state index >= 15 is 0 Å². The summed E-state index contributed by atoms with van der Waals surface area (Å²) in [5, 5.41) is 7.04. The maximum atomic E-state index is 5.43. The van der Waals surface area contributed by atoms with E-state index < -0.39 is 0 Å². The molecule has 136 valence electrons. The first kappa shape index (κ1) is 17.0. The number of methoxy groups -OCH3 is 1. The Bertz CT molecular complexity index is 781. The molecule has 0 radical (unpaired) electrons. The molecule has 0 bridgehead atoms. The van der Waals surface area contributed by atoms with Crippen LogP contribution in [0.15, 0.2) is 30.3 Å². The van der Waals surface area contributed by atoms with E-state index in [9.17, 15) is 0 Å². The summed E-state index contributed by atoms with van der Waals surface area (Å²) in [5.74, 6) is 1.82. The lowest BCUT2D eigenvalue weighted by Gasteiger charge is -2.19. The fourth-order valence-corrected chi connectivity index (χ4v) is 3.88. The van der Waals surface area contributed by atoms with E-state index in [0.29, 0.717) is 23.0 Å². The second kappa shape index (κ2) is 7.45. The molecule has 2 N–H and O–H groups in total. The molecule has 1 aliphatic carbocycles. The number of hydrogen-bond acceptors (Lipinski definition) is 5. The van der Waals surface area contributed by atoms with Crippen LogP contribution >= 0.6 is 12.2 Å². The van der Waals surface area contributed by atoms with Gasteiger partial charge in [0.15, 0.2) is 5.11 Å². The van der Waals surface area contributed by atoms with Crippen LogP contribution in [0.1, 0.15) is 36.8 Å². The maximum absolute atomic E-state index is 5.43. The second-order valence-electron chi connectivity index (χ2n) is 6.80. The molecular weight excluding hydrogens is 346 g/mol. The Morgan fingerprint density at radius 1 is 1.15 bits per heavy atom. The molecule has 0 amide bonds. The number of rotatable bonds is 4. The lowest BCUT2D eigenvalue weighted by Crippen LogP contribution is -2.36. The summed E-state index contributed by atoms with van der Waals surface area (Å²) in [5.41, 5.74) is 2.66. The predicted molar refractivity (Wildman–Crippen MR) is 107 cm³/mol. The predicted octanol–water partition coefficient (Wildman–Crippen LogP) is 3.23. The zero-order chi connectivity index (χ0) is 17.9. The van der Waals surface area contributed by atoms with Crippen molar-refractivity contribution in [1.29, 1.82) is 0 Å². The lowest BCUT2D eigenvalue weighted by atomic mass is 10.1. The number of ether oxygens (including phenoxy) is 1. The van der Waals surface area contributed by atoms with Gasteiger partial charge in [-0.2, -0.15) is 9.97 Å². The average molecular weight is 369 g/mol. The van der Waals surface area contributed by atoms with E-state index in [4.69, 9.17) is 17.0 Å². The molecule has 2 heterocycles.